The SMILES string of the molecule is CC1(C)CC(=O)C2=C(C1)OC(N)=C(C#N)C2c1cc(CN2CCOCC2)cs1. The van der Waals surface area contributed by atoms with Crippen molar-refractivity contribution in [1.82, 2.24) is 4.90 Å². The van der Waals surface area contributed by atoms with Crippen molar-refractivity contribution >= 4 is 17.1 Å². The molecule has 0 saturated carbocycles. The Labute approximate surface area is 169 Å². The summed E-state index contributed by atoms with van der Waals surface area (Å²) < 4.78 is 11.2. The molecule has 1 atom stereocenters. The molecule has 1 aromatic heterocycles. The van der Waals surface area contributed by atoms with Gasteiger partial charge in [-0.05, 0) is 22.4 Å². The fraction of sp³-hybridized carbons (Fsp3) is 0.524. The predicted octanol–water partition coefficient (Wildman–Crippen LogP) is 3.03. The number of nitriles is 1. The number of Topliss-reactive ketones (excluding diaryl/α,β-unsaturated/α-hetero) is 1. The van der Waals surface area contributed by atoms with Crippen LogP contribution in [-0.2, 0) is 20.8 Å². The standard InChI is InChI=1S/C21H25N3O3S/c1-21(2)8-15(25)19-16(9-21)27-20(23)14(10-22)18(19)17-7-13(12-28-17)11-24-3-5-26-6-4-24/h7,12,18H,3-6,8-9,11,23H2,1-2H3. The lowest BCUT2D eigenvalue weighted by molar-refractivity contribution is -0.119. The van der Waals surface area contributed by atoms with E-state index in [1.165, 1.54) is 5.56 Å². The van der Waals surface area contributed by atoms with Crippen molar-refractivity contribution in [3.63, 3.8) is 0 Å². The van der Waals surface area contributed by atoms with Gasteiger partial charge in [-0.25, -0.2) is 0 Å². The van der Waals surface area contributed by atoms with Gasteiger partial charge in [0.2, 0.25) is 5.88 Å². The number of hydrogen-bond donors (Lipinski definition) is 1. The van der Waals surface area contributed by atoms with Crippen LogP contribution in [-0.4, -0.2) is 37.0 Å². The molecule has 0 amide bonds. The second-order valence-electron chi connectivity index (χ2n) is 8.45. The van der Waals surface area contributed by atoms with Gasteiger partial charge >= 0.3 is 0 Å². The first-order chi connectivity index (χ1) is 13.4. The maximum absolute atomic E-state index is 13.0. The Morgan fingerprint density at radius 2 is 2.11 bits per heavy atom. The zero-order chi connectivity index (χ0) is 19.9. The van der Waals surface area contributed by atoms with Crippen molar-refractivity contribution in [3.05, 3.63) is 44.7 Å². The van der Waals surface area contributed by atoms with E-state index in [0.29, 0.717) is 29.7 Å². The van der Waals surface area contributed by atoms with Crippen molar-refractivity contribution in [2.24, 2.45) is 11.1 Å². The number of allylic oxidation sites excluding steroid dienone is 3. The highest BCUT2D eigenvalue weighted by Crippen LogP contribution is 2.48. The third kappa shape index (κ3) is 3.60. The van der Waals surface area contributed by atoms with Crippen molar-refractivity contribution in [2.75, 3.05) is 26.3 Å². The lowest BCUT2D eigenvalue weighted by Crippen LogP contribution is -2.35. The van der Waals surface area contributed by atoms with Crippen LogP contribution in [0.3, 0.4) is 0 Å². The molecule has 1 aromatic rings. The van der Waals surface area contributed by atoms with Gasteiger partial charge in [-0.3, -0.25) is 9.69 Å². The highest BCUT2D eigenvalue weighted by atomic mass is 32.1. The minimum atomic E-state index is -0.416. The van der Waals surface area contributed by atoms with Crippen LogP contribution in [0.15, 0.2) is 34.2 Å². The normalized spacial score (nSPS) is 25.3. The van der Waals surface area contributed by atoms with Gasteiger partial charge in [0, 0.05) is 42.9 Å². The largest absolute Gasteiger partial charge is 0.444 e. The number of hydrogen-bond acceptors (Lipinski definition) is 7. The van der Waals surface area contributed by atoms with Crippen molar-refractivity contribution in [2.45, 2.75) is 39.2 Å². The number of carbonyl (C=O) groups is 1. The van der Waals surface area contributed by atoms with E-state index in [9.17, 15) is 10.1 Å². The molecule has 3 heterocycles. The Bertz CT molecular complexity index is 900. The Hall–Kier alpha value is -2.14. The molecule has 0 bridgehead atoms. The van der Waals surface area contributed by atoms with E-state index in [1.54, 1.807) is 11.3 Å². The molecule has 0 radical (unpaired) electrons. The van der Waals surface area contributed by atoms with Gasteiger partial charge in [-0.2, -0.15) is 5.26 Å². The molecule has 2 N–H and O–H groups in total. The predicted molar refractivity (Wildman–Crippen MR) is 106 cm³/mol. The van der Waals surface area contributed by atoms with Crippen molar-refractivity contribution < 1.29 is 14.3 Å². The maximum Gasteiger partial charge on any atom is 0.205 e. The minimum absolute atomic E-state index is 0.0552. The molecule has 3 aliphatic rings. The molecule has 1 saturated heterocycles. The number of rotatable bonds is 3. The average molecular weight is 400 g/mol. The third-order valence-electron chi connectivity index (χ3n) is 5.54. The highest BCUT2D eigenvalue weighted by molar-refractivity contribution is 7.10. The van der Waals surface area contributed by atoms with E-state index in [1.807, 2.05) is 0 Å². The first-order valence-electron chi connectivity index (χ1n) is 9.59. The number of nitrogens with zero attached hydrogens (tertiary/aromatic N) is 2. The Balaban J connectivity index is 1.67. The molecular formula is C21H25N3O3S. The molecule has 6 nitrogen and oxygen atoms in total. The molecule has 1 unspecified atom stereocenters. The van der Waals surface area contributed by atoms with Gasteiger partial charge in [-0.1, -0.05) is 13.8 Å². The summed E-state index contributed by atoms with van der Waals surface area (Å²) in [6, 6.07) is 4.30. The summed E-state index contributed by atoms with van der Waals surface area (Å²) in [5.41, 5.74) is 8.07. The fourth-order valence-electron chi connectivity index (χ4n) is 4.22. The van der Waals surface area contributed by atoms with Gasteiger partial charge in [-0.15, -0.1) is 11.3 Å². The van der Waals surface area contributed by atoms with Gasteiger partial charge in [0.15, 0.2) is 5.78 Å². The molecule has 148 valence electrons. The summed E-state index contributed by atoms with van der Waals surface area (Å²) in [6.45, 7) is 8.31. The second kappa shape index (κ2) is 7.36. The third-order valence-corrected chi connectivity index (χ3v) is 6.59. The number of ketones is 1. The van der Waals surface area contributed by atoms with Crippen LogP contribution in [0.1, 0.15) is 43.0 Å². The molecule has 2 aliphatic heterocycles. The summed E-state index contributed by atoms with van der Waals surface area (Å²) >= 11 is 1.58. The van der Waals surface area contributed by atoms with Gasteiger partial charge < -0.3 is 15.2 Å². The zero-order valence-corrected chi connectivity index (χ0v) is 17.1. The minimum Gasteiger partial charge on any atom is -0.444 e. The summed E-state index contributed by atoms with van der Waals surface area (Å²) in [5, 5.41) is 11.8. The molecule has 1 fully saturated rings. The van der Waals surface area contributed by atoms with Crippen LogP contribution in [0.4, 0.5) is 0 Å². The van der Waals surface area contributed by atoms with Gasteiger partial charge in [0.05, 0.1) is 19.1 Å². The number of carbonyl (C=O) groups excluding carboxylic acids is 1. The molecule has 28 heavy (non-hydrogen) atoms. The van der Waals surface area contributed by atoms with Crippen LogP contribution in [0.25, 0.3) is 0 Å². The van der Waals surface area contributed by atoms with E-state index in [2.05, 4.69) is 36.3 Å². The maximum atomic E-state index is 13.0. The first kappa shape index (κ1) is 19.2. The smallest absolute Gasteiger partial charge is 0.205 e. The summed E-state index contributed by atoms with van der Waals surface area (Å²) in [4.78, 5) is 16.3. The highest BCUT2D eigenvalue weighted by Gasteiger charge is 2.43. The summed E-state index contributed by atoms with van der Waals surface area (Å²) in [5.74, 6) is 0.395. The molecule has 4 rings (SSSR count). The number of nitrogens with two attached hydrogens (primary N) is 1. The van der Waals surface area contributed by atoms with Crippen LogP contribution in [0.2, 0.25) is 0 Å². The number of ether oxygens (including phenoxy) is 2. The molecule has 0 spiro atoms. The van der Waals surface area contributed by atoms with Gasteiger partial charge in [0.25, 0.3) is 0 Å². The molecule has 0 aromatic carbocycles. The first-order valence-corrected chi connectivity index (χ1v) is 10.5. The summed E-state index contributed by atoms with van der Waals surface area (Å²) in [6.07, 6.45) is 1.10. The van der Waals surface area contributed by atoms with Crippen LogP contribution in [0.5, 0.6) is 0 Å². The monoisotopic (exact) mass is 399 g/mol. The Morgan fingerprint density at radius 3 is 2.82 bits per heavy atom. The Morgan fingerprint density at radius 1 is 1.36 bits per heavy atom. The van der Waals surface area contributed by atoms with E-state index >= 15 is 0 Å². The quantitative estimate of drug-likeness (QED) is 0.840. The average Bonchev–Trinajstić information content (AvgIpc) is 3.08. The summed E-state index contributed by atoms with van der Waals surface area (Å²) in [7, 11) is 0. The molecular weight excluding hydrogens is 374 g/mol. The van der Waals surface area contributed by atoms with E-state index in [4.69, 9.17) is 15.2 Å². The fourth-order valence-corrected chi connectivity index (χ4v) is 5.24. The molecule has 1 aliphatic carbocycles. The number of thiophene rings is 1. The topological polar surface area (TPSA) is 88.6 Å². The van der Waals surface area contributed by atoms with Crippen LogP contribution < -0.4 is 5.73 Å². The van der Waals surface area contributed by atoms with Gasteiger partial charge in [0.1, 0.15) is 17.4 Å². The van der Waals surface area contributed by atoms with E-state index < -0.39 is 5.92 Å². The van der Waals surface area contributed by atoms with Crippen molar-refractivity contribution in [3.8, 4) is 6.07 Å². The second-order valence-corrected chi connectivity index (χ2v) is 9.39. The Kier molecular flexibility index (Phi) is 5.04. The lowest BCUT2D eigenvalue weighted by atomic mass is 9.71. The molecule has 7 heteroatoms. The lowest BCUT2D eigenvalue weighted by Gasteiger charge is -2.36. The van der Waals surface area contributed by atoms with Crippen LogP contribution >= 0.6 is 11.3 Å². The van der Waals surface area contributed by atoms with E-state index in [0.717, 1.165) is 37.7 Å². The zero-order valence-electron chi connectivity index (χ0n) is 16.3. The van der Waals surface area contributed by atoms with Crippen molar-refractivity contribution in [1.29, 1.82) is 5.26 Å². The van der Waals surface area contributed by atoms with E-state index in [-0.39, 0.29) is 17.1 Å². The number of morpholine rings is 1. The van der Waals surface area contributed by atoms with Crippen LogP contribution in [0, 0.1) is 16.7 Å².